The van der Waals surface area contributed by atoms with Gasteiger partial charge in [-0.1, -0.05) is 50.8 Å². The van der Waals surface area contributed by atoms with Crippen molar-refractivity contribution in [3.05, 3.63) is 42.5 Å². The molecule has 3 heteroatoms. The molecule has 0 atom stereocenters. The summed E-state index contributed by atoms with van der Waals surface area (Å²) in [6, 6.07) is 9.07. The van der Waals surface area contributed by atoms with Gasteiger partial charge in [0.15, 0.2) is 0 Å². The van der Waals surface area contributed by atoms with Crippen LogP contribution in [0.25, 0.3) is 5.47 Å². The average Bonchev–Trinajstić information content (AvgIpc) is 2.21. The summed E-state index contributed by atoms with van der Waals surface area (Å²) in [6.07, 6.45) is 0. The topological polar surface area (TPSA) is 40.5 Å². The minimum Gasteiger partial charge on any atom is -0.423 e. The Morgan fingerprint density at radius 1 is 1.15 bits per heavy atom. The van der Waals surface area contributed by atoms with E-state index >= 15 is 0 Å². The van der Waals surface area contributed by atoms with Crippen molar-refractivity contribution in [1.29, 1.82) is 0 Å². The summed E-state index contributed by atoms with van der Waals surface area (Å²) in [4.78, 5) is 0. The molecule has 0 bridgehead atoms. The standard InChI is InChI=1S/C8H9BO2.C2H6/c1-7(9(10)11)8-5-3-2-4-6-8;1-2/h2-6,10-11H,1H2;1-2H3. The van der Waals surface area contributed by atoms with Gasteiger partial charge in [-0.05, 0) is 11.0 Å². The van der Waals surface area contributed by atoms with Gasteiger partial charge in [0.2, 0.25) is 0 Å². The van der Waals surface area contributed by atoms with E-state index in [1.165, 1.54) is 0 Å². The summed E-state index contributed by atoms with van der Waals surface area (Å²) in [5.74, 6) is 0. The molecule has 70 valence electrons. The van der Waals surface area contributed by atoms with Crippen molar-refractivity contribution in [3.8, 4) is 0 Å². The van der Waals surface area contributed by atoms with Crippen LogP contribution in [-0.2, 0) is 0 Å². The van der Waals surface area contributed by atoms with E-state index in [4.69, 9.17) is 10.0 Å². The maximum atomic E-state index is 8.73. The van der Waals surface area contributed by atoms with Crippen molar-refractivity contribution in [2.75, 3.05) is 0 Å². The van der Waals surface area contributed by atoms with Crippen LogP contribution in [0.3, 0.4) is 0 Å². The fraction of sp³-hybridized carbons (Fsp3) is 0.200. The zero-order chi connectivity index (χ0) is 10.3. The Kier molecular flexibility index (Phi) is 5.94. The van der Waals surface area contributed by atoms with E-state index in [9.17, 15) is 0 Å². The molecule has 13 heavy (non-hydrogen) atoms. The first-order chi connectivity index (χ1) is 6.22. The Morgan fingerprint density at radius 3 is 2.00 bits per heavy atom. The molecule has 0 aromatic heterocycles. The van der Waals surface area contributed by atoms with E-state index in [0.717, 1.165) is 5.56 Å². The van der Waals surface area contributed by atoms with Crippen molar-refractivity contribution < 1.29 is 10.0 Å². The van der Waals surface area contributed by atoms with E-state index in [2.05, 4.69) is 6.58 Å². The highest BCUT2D eigenvalue weighted by molar-refractivity contribution is 6.65. The molecule has 0 amide bonds. The van der Waals surface area contributed by atoms with Gasteiger partial charge >= 0.3 is 7.12 Å². The third-order valence-electron chi connectivity index (χ3n) is 1.46. The highest BCUT2D eigenvalue weighted by atomic mass is 16.4. The number of rotatable bonds is 2. The Morgan fingerprint density at radius 2 is 1.62 bits per heavy atom. The Labute approximate surface area is 79.7 Å². The normalized spacial score (nSPS) is 8.31. The smallest absolute Gasteiger partial charge is 0.423 e. The van der Waals surface area contributed by atoms with Gasteiger partial charge in [0.05, 0.1) is 0 Å². The molecule has 0 fully saturated rings. The zero-order valence-electron chi connectivity index (χ0n) is 8.07. The van der Waals surface area contributed by atoms with Gasteiger partial charge in [0.25, 0.3) is 0 Å². The lowest BCUT2D eigenvalue weighted by atomic mass is 9.76. The summed E-state index contributed by atoms with van der Waals surface area (Å²) in [5.41, 5.74) is 1.08. The van der Waals surface area contributed by atoms with E-state index in [1.54, 1.807) is 12.1 Å². The minimum absolute atomic E-state index is 0.325. The lowest BCUT2D eigenvalue weighted by Gasteiger charge is -2.02. The predicted molar refractivity (Wildman–Crippen MR) is 57.0 cm³/mol. The fourth-order valence-electron chi connectivity index (χ4n) is 0.801. The Hall–Kier alpha value is -1.06. The molecule has 0 heterocycles. The second kappa shape index (κ2) is 6.46. The summed E-state index contributed by atoms with van der Waals surface area (Å²) in [5, 5.41) is 17.5. The van der Waals surface area contributed by atoms with Crippen LogP contribution in [0.15, 0.2) is 36.9 Å². The third kappa shape index (κ3) is 3.92. The second-order valence-electron chi connectivity index (χ2n) is 2.26. The quantitative estimate of drug-likeness (QED) is 0.677. The van der Waals surface area contributed by atoms with Crippen molar-refractivity contribution in [2.45, 2.75) is 13.8 Å². The van der Waals surface area contributed by atoms with Crippen LogP contribution < -0.4 is 0 Å². The molecule has 1 rings (SSSR count). The van der Waals surface area contributed by atoms with Gasteiger partial charge in [0, 0.05) is 0 Å². The third-order valence-corrected chi connectivity index (χ3v) is 1.46. The maximum Gasteiger partial charge on any atom is 0.488 e. The first kappa shape index (κ1) is 11.9. The van der Waals surface area contributed by atoms with Crippen LogP contribution in [0.5, 0.6) is 0 Å². The molecular weight excluding hydrogens is 163 g/mol. The van der Waals surface area contributed by atoms with Gasteiger partial charge in [-0.3, -0.25) is 0 Å². The van der Waals surface area contributed by atoms with Crippen LogP contribution >= 0.6 is 0 Å². The van der Waals surface area contributed by atoms with Gasteiger partial charge in [-0.25, -0.2) is 0 Å². The Bertz CT molecular complexity index is 244. The van der Waals surface area contributed by atoms with Crippen LogP contribution in [0, 0.1) is 0 Å². The molecule has 0 spiro atoms. The lowest BCUT2D eigenvalue weighted by molar-refractivity contribution is 0.427. The van der Waals surface area contributed by atoms with Crippen LogP contribution in [0.4, 0.5) is 0 Å². The number of benzene rings is 1. The van der Waals surface area contributed by atoms with Crippen molar-refractivity contribution in [3.63, 3.8) is 0 Å². The first-order valence-corrected chi connectivity index (χ1v) is 4.32. The largest absolute Gasteiger partial charge is 0.488 e. The lowest BCUT2D eigenvalue weighted by Crippen LogP contribution is -2.12. The van der Waals surface area contributed by atoms with Crippen LogP contribution in [-0.4, -0.2) is 17.2 Å². The van der Waals surface area contributed by atoms with E-state index in [0.29, 0.717) is 5.47 Å². The van der Waals surface area contributed by atoms with Crippen LogP contribution in [0.2, 0.25) is 0 Å². The molecule has 0 aliphatic rings. The molecule has 2 N–H and O–H groups in total. The molecule has 0 aliphatic carbocycles. The van der Waals surface area contributed by atoms with Crippen molar-refractivity contribution >= 4 is 12.6 Å². The zero-order valence-corrected chi connectivity index (χ0v) is 8.07. The highest BCUT2D eigenvalue weighted by Crippen LogP contribution is 2.11. The molecule has 0 unspecified atom stereocenters. The second-order valence-corrected chi connectivity index (χ2v) is 2.26. The molecular formula is C10H15BO2. The molecule has 0 aliphatic heterocycles. The number of hydrogen-bond donors (Lipinski definition) is 2. The maximum absolute atomic E-state index is 8.73. The fourth-order valence-corrected chi connectivity index (χ4v) is 0.801. The summed E-state index contributed by atoms with van der Waals surface area (Å²) in [7, 11) is -1.46. The van der Waals surface area contributed by atoms with Gasteiger partial charge in [-0.2, -0.15) is 0 Å². The molecule has 0 radical (unpaired) electrons. The predicted octanol–water partition coefficient (Wildman–Crippen LogP) is 1.74. The molecule has 1 aromatic carbocycles. The van der Waals surface area contributed by atoms with E-state index in [1.807, 2.05) is 32.0 Å². The molecule has 0 saturated carbocycles. The summed E-state index contributed by atoms with van der Waals surface area (Å²) >= 11 is 0. The Balaban J connectivity index is 0.000000671. The van der Waals surface area contributed by atoms with E-state index < -0.39 is 7.12 Å². The van der Waals surface area contributed by atoms with Gasteiger partial charge < -0.3 is 10.0 Å². The minimum atomic E-state index is -1.46. The highest BCUT2D eigenvalue weighted by Gasteiger charge is 2.12. The summed E-state index contributed by atoms with van der Waals surface area (Å²) in [6.45, 7) is 7.52. The monoisotopic (exact) mass is 178 g/mol. The first-order valence-electron chi connectivity index (χ1n) is 4.32. The van der Waals surface area contributed by atoms with Crippen LogP contribution in [0.1, 0.15) is 19.4 Å². The van der Waals surface area contributed by atoms with E-state index in [-0.39, 0.29) is 0 Å². The van der Waals surface area contributed by atoms with Crippen molar-refractivity contribution in [2.24, 2.45) is 0 Å². The molecule has 1 aromatic rings. The van der Waals surface area contributed by atoms with Crippen molar-refractivity contribution in [1.82, 2.24) is 0 Å². The summed E-state index contributed by atoms with van der Waals surface area (Å²) < 4.78 is 0. The average molecular weight is 178 g/mol. The number of hydrogen-bond acceptors (Lipinski definition) is 2. The van der Waals surface area contributed by atoms with Gasteiger partial charge in [0.1, 0.15) is 0 Å². The van der Waals surface area contributed by atoms with Gasteiger partial charge in [-0.15, -0.1) is 0 Å². The molecule has 2 nitrogen and oxygen atoms in total. The molecule has 0 saturated heterocycles. The SMILES string of the molecule is C=C(B(O)O)c1ccccc1.CC.